The van der Waals surface area contributed by atoms with Crippen molar-refractivity contribution in [3.63, 3.8) is 0 Å². The molecule has 1 N–H and O–H groups in total. The Morgan fingerprint density at radius 3 is 2.65 bits per heavy atom. The van der Waals surface area contributed by atoms with Crippen molar-refractivity contribution >= 4 is 15.7 Å². The molecule has 1 saturated heterocycles. The van der Waals surface area contributed by atoms with Gasteiger partial charge in [0.25, 0.3) is 0 Å². The van der Waals surface area contributed by atoms with Gasteiger partial charge in [0.05, 0.1) is 0 Å². The average Bonchev–Trinajstić information content (AvgIpc) is 2.58. The van der Waals surface area contributed by atoms with Crippen molar-refractivity contribution < 1.29 is 17.2 Å². The number of halogens is 2. The summed E-state index contributed by atoms with van der Waals surface area (Å²) in [4.78, 5) is 6.26. The second kappa shape index (κ2) is 7.67. The summed E-state index contributed by atoms with van der Waals surface area (Å²) in [5.41, 5.74) is 0.0582. The molecule has 1 atom stereocenters. The summed E-state index contributed by atoms with van der Waals surface area (Å²) in [5, 5.41) is 3.18. The highest BCUT2D eigenvalue weighted by molar-refractivity contribution is 7.90. The van der Waals surface area contributed by atoms with E-state index in [1.54, 1.807) is 6.07 Å². The second-order valence-corrected chi connectivity index (χ2v) is 8.53. The molecule has 0 amide bonds. The van der Waals surface area contributed by atoms with Gasteiger partial charge in [0, 0.05) is 37.1 Å². The highest BCUT2D eigenvalue weighted by Gasteiger charge is 2.24. The maximum atomic E-state index is 13.9. The molecule has 1 aliphatic rings. The van der Waals surface area contributed by atoms with Gasteiger partial charge in [0.15, 0.2) is 9.84 Å². The summed E-state index contributed by atoms with van der Waals surface area (Å²) in [6, 6.07) is 6.90. The van der Waals surface area contributed by atoms with Gasteiger partial charge in [-0.2, -0.15) is 0 Å². The van der Waals surface area contributed by atoms with Crippen LogP contribution in [0.3, 0.4) is 0 Å². The van der Waals surface area contributed by atoms with Crippen LogP contribution in [0.15, 0.2) is 41.4 Å². The number of rotatable bonds is 5. The van der Waals surface area contributed by atoms with E-state index in [1.165, 1.54) is 30.5 Å². The van der Waals surface area contributed by atoms with Gasteiger partial charge < -0.3 is 5.32 Å². The molecular formula is C18H21F2N3O2S. The van der Waals surface area contributed by atoms with E-state index < -0.39 is 21.5 Å². The van der Waals surface area contributed by atoms with Crippen molar-refractivity contribution in [3.05, 3.63) is 53.7 Å². The maximum absolute atomic E-state index is 13.9. The zero-order chi connectivity index (χ0) is 18.7. The van der Waals surface area contributed by atoms with Crippen LogP contribution in [0.5, 0.6) is 0 Å². The minimum Gasteiger partial charge on any atom is -0.365 e. The topological polar surface area (TPSA) is 62.3 Å². The Morgan fingerprint density at radius 1 is 1.23 bits per heavy atom. The van der Waals surface area contributed by atoms with E-state index in [0.29, 0.717) is 12.4 Å². The number of hydrogen-bond donors (Lipinski definition) is 1. The molecule has 140 valence electrons. The number of likely N-dealkylation sites (tertiary alicyclic amines) is 1. The van der Waals surface area contributed by atoms with Gasteiger partial charge in [-0.05, 0) is 43.7 Å². The minimum absolute atomic E-state index is 0.0472. The first-order valence-corrected chi connectivity index (χ1v) is 10.3. The number of hydrogen-bond acceptors (Lipinski definition) is 5. The fourth-order valence-electron chi connectivity index (χ4n) is 3.22. The number of nitrogens with one attached hydrogen (secondary N) is 1. The summed E-state index contributed by atoms with van der Waals surface area (Å²) in [7, 11) is -3.40. The Hall–Kier alpha value is -2.06. The molecule has 0 aliphatic carbocycles. The monoisotopic (exact) mass is 381 g/mol. The van der Waals surface area contributed by atoms with Gasteiger partial charge in [0.2, 0.25) is 0 Å². The zero-order valence-corrected chi connectivity index (χ0v) is 15.3. The van der Waals surface area contributed by atoms with E-state index in [-0.39, 0.29) is 23.0 Å². The first-order chi connectivity index (χ1) is 12.3. The highest BCUT2D eigenvalue weighted by atomic mass is 32.2. The predicted octanol–water partition coefficient (Wildman–Crippen LogP) is 2.84. The van der Waals surface area contributed by atoms with E-state index in [4.69, 9.17) is 0 Å². The lowest BCUT2D eigenvalue weighted by Gasteiger charge is -2.33. The van der Waals surface area contributed by atoms with Crippen LogP contribution in [0.1, 0.15) is 18.4 Å². The summed E-state index contributed by atoms with van der Waals surface area (Å²) in [6.45, 7) is 1.46. The molecule has 8 heteroatoms. The number of nitrogens with zero attached hydrogens (tertiary/aromatic N) is 2. The van der Waals surface area contributed by atoms with E-state index in [0.717, 1.165) is 25.6 Å². The van der Waals surface area contributed by atoms with Crippen molar-refractivity contribution in [1.29, 1.82) is 0 Å². The van der Waals surface area contributed by atoms with E-state index >= 15 is 0 Å². The Balaban J connectivity index is 1.72. The van der Waals surface area contributed by atoms with Gasteiger partial charge in [-0.25, -0.2) is 22.2 Å². The van der Waals surface area contributed by atoms with Crippen molar-refractivity contribution in [1.82, 2.24) is 9.88 Å². The third kappa shape index (κ3) is 4.37. The molecule has 3 rings (SSSR count). The summed E-state index contributed by atoms with van der Waals surface area (Å²) in [5.74, 6) is -0.785. The molecule has 0 radical (unpaired) electrons. The molecular weight excluding hydrogens is 360 g/mol. The van der Waals surface area contributed by atoms with Crippen LogP contribution in [0, 0.1) is 11.6 Å². The molecule has 2 aromatic rings. The van der Waals surface area contributed by atoms with Crippen LogP contribution >= 0.6 is 0 Å². The average molecular weight is 381 g/mol. The first-order valence-electron chi connectivity index (χ1n) is 8.41. The van der Waals surface area contributed by atoms with Crippen molar-refractivity contribution in [2.75, 3.05) is 24.7 Å². The van der Waals surface area contributed by atoms with Crippen LogP contribution in [0.4, 0.5) is 14.6 Å². The molecule has 26 heavy (non-hydrogen) atoms. The fraction of sp³-hybridized carbons (Fsp3) is 0.389. The third-order valence-corrected chi connectivity index (χ3v) is 5.59. The first kappa shape index (κ1) is 18.7. The van der Waals surface area contributed by atoms with E-state index in [9.17, 15) is 17.2 Å². The number of benzene rings is 1. The molecule has 1 aromatic carbocycles. The normalized spacial score (nSPS) is 18.7. The molecule has 1 fully saturated rings. The molecule has 1 aromatic heterocycles. The second-order valence-electron chi connectivity index (χ2n) is 6.54. The number of piperidine rings is 1. The van der Waals surface area contributed by atoms with Crippen molar-refractivity contribution in [2.24, 2.45) is 0 Å². The van der Waals surface area contributed by atoms with E-state index in [2.05, 4.69) is 10.3 Å². The van der Waals surface area contributed by atoms with Gasteiger partial charge >= 0.3 is 0 Å². The Morgan fingerprint density at radius 2 is 1.96 bits per heavy atom. The summed E-state index contributed by atoms with van der Waals surface area (Å²) in [6.07, 6.45) is 4.35. The predicted molar refractivity (Wildman–Crippen MR) is 95.6 cm³/mol. The minimum atomic E-state index is -3.40. The number of aromatic nitrogens is 1. The molecule has 1 aliphatic heterocycles. The number of pyridine rings is 1. The zero-order valence-electron chi connectivity index (χ0n) is 14.5. The lowest BCUT2D eigenvalue weighted by Crippen LogP contribution is -2.42. The molecule has 2 heterocycles. The van der Waals surface area contributed by atoms with Gasteiger partial charge in [0.1, 0.15) is 22.3 Å². The van der Waals surface area contributed by atoms with Crippen LogP contribution in [0.2, 0.25) is 0 Å². The highest BCUT2D eigenvalue weighted by Crippen LogP contribution is 2.23. The van der Waals surface area contributed by atoms with Crippen molar-refractivity contribution in [3.8, 4) is 0 Å². The maximum Gasteiger partial charge on any atom is 0.179 e. The lowest BCUT2D eigenvalue weighted by molar-refractivity contribution is 0.203. The molecule has 0 spiro atoms. The largest absolute Gasteiger partial charge is 0.365 e. The molecule has 5 nitrogen and oxygen atoms in total. The quantitative estimate of drug-likeness (QED) is 0.863. The molecule has 1 unspecified atom stereocenters. The summed E-state index contributed by atoms with van der Waals surface area (Å²) < 4.78 is 51.6. The summed E-state index contributed by atoms with van der Waals surface area (Å²) >= 11 is 0. The Kier molecular flexibility index (Phi) is 5.52. The van der Waals surface area contributed by atoms with Gasteiger partial charge in [-0.15, -0.1) is 0 Å². The fourth-order valence-corrected chi connectivity index (χ4v) is 4.00. The van der Waals surface area contributed by atoms with E-state index in [1.807, 2.05) is 4.90 Å². The standard InChI is InChI=1S/C18H21F2N3O2S/c1-26(24,25)17-8-3-9-21-18(17)22-13-5-4-10-23(11-13)12-14-15(19)6-2-7-16(14)20/h2-3,6-9,13H,4-5,10-12H2,1H3,(H,21,22). The van der Waals surface area contributed by atoms with Crippen LogP contribution < -0.4 is 5.32 Å². The molecule has 0 bridgehead atoms. The Labute approximate surface area is 152 Å². The third-order valence-electron chi connectivity index (χ3n) is 4.46. The van der Waals surface area contributed by atoms with Crippen LogP contribution in [0.25, 0.3) is 0 Å². The van der Waals surface area contributed by atoms with Gasteiger partial charge in [-0.1, -0.05) is 6.07 Å². The van der Waals surface area contributed by atoms with Crippen molar-refractivity contribution in [2.45, 2.75) is 30.3 Å². The van der Waals surface area contributed by atoms with Gasteiger partial charge in [-0.3, -0.25) is 4.90 Å². The Bertz CT molecular complexity index is 870. The SMILES string of the molecule is CS(=O)(=O)c1cccnc1NC1CCCN(Cc2c(F)cccc2F)C1. The lowest BCUT2D eigenvalue weighted by atomic mass is 10.0. The number of anilines is 1. The van der Waals surface area contributed by atoms with Crippen LogP contribution in [-0.2, 0) is 16.4 Å². The smallest absolute Gasteiger partial charge is 0.179 e. The van der Waals surface area contributed by atoms with Crippen LogP contribution in [-0.4, -0.2) is 43.7 Å². The number of sulfone groups is 1. The molecule has 0 saturated carbocycles.